The zero-order chi connectivity index (χ0) is 31.2. The molecule has 0 spiro atoms. The molecule has 3 heterocycles. The van der Waals surface area contributed by atoms with Gasteiger partial charge in [-0.25, -0.2) is 13.5 Å². The van der Waals surface area contributed by atoms with Crippen LogP contribution in [0.25, 0.3) is 5.69 Å². The van der Waals surface area contributed by atoms with Crippen LogP contribution in [0.4, 0.5) is 25.8 Å². The van der Waals surface area contributed by atoms with E-state index in [0.717, 1.165) is 13.1 Å². The summed E-state index contributed by atoms with van der Waals surface area (Å²) >= 11 is 6.34. The van der Waals surface area contributed by atoms with Gasteiger partial charge in [0.05, 0.1) is 33.8 Å². The minimum absolute atomic E-state index is 0.0138. The average Bonchev–Trinajstić information content (AvgIpc) is 3.47. The first-order valence-corrected chi connectivity index (χ1v) is 14.5. The Bertz CT molecular complexity index is 1550. The molecule has 0 saturated carbocycles. The molecule has 11 nitrogen and oxygen atoms in total. The van der Waals surface area contributed by atoms with Gasteiger partial charge in [-0.1, -0.05) is 16.8 Å². The number of carbonyl (C=O) groups is 2. The van der Waals surface area contributed by atoms with Crippen LogP contribution in [0, 0.1) is 18.6 Å². The van der Waals surface area contributed by atoms with Crippen LogP contribution in [0.3, 0.4) is 0 Å². The van der Waals surface area contributed by atoms with Crippen molar-refractivity contribution in [3.8, 4) is 5.69 Å². The lowest BCUT2D eigenvalue weighted by Gasteiger charge is -2.44. The van der Waals surface area contributed by atoms with Crippen LogP contribution >= 0.6 is 11.6 Å². The summed E-state index contributed by atoms with van der Waals surface area (Å²) < 4.78 is 31.3. The van der Waals surface area contributed by atoms with Gasteiger partial charge in [-0.05, 0) is 47.0 Å². The zero-order valence-electron chi connectivity index (χ0n) is 24.9. The molecule has 2 amide bonds. The fourth-order valence-corrected chi connectivity index (χ4v) is 5.72. The molecule has 2 fully saturated rings. The first-order chi connectivity index (χ1) is 20.3. The number of nitrogens with zero attached hydrogens (tertiary/aromatic N) is 7. The highest BCUT2D eigenvalue weighted by molar-refractivity contribution is 6.35. The summed E-state index contributed by atoms with van der Waals surface area (Å²) in [7, 11) is 4.03. The minimum atomic E-state index is -0.695. The summed E-state index contributed by atoms with van der Waals surface area (Å²) in [6.45, 7) is 9.34. The van der Waals surface area contributed by atoms with E-state index >= 15 is 4.39 Å². The summed E-state index contributed by atoms with van der Waals surface area (Å²) in [6.07, 6.45) is 1.38. The molecule has 0 unspecified atom stereocenters. The van der Waals surface area contributed by atoms with Gasteiger partial charge in [-0.3, -0.25) is 14.5 Å². The molecule has 5 rings (SSSR count). The molecule has 3 N–H and O–H groups in total. The molecule has 0 aliphatic carbocycles. The Morgan fingerprint density at radius 1 is 1.02 bits per heavy atom. The lowest BCUT2D eigenvalue weighted by Crippen LogP contribution is -2.55. The monoisotopic (exact) mass is 615 g/mol. The normalized spacial score (nSPS) is 20.0. The van der Waals surface area contributed by atoms with Crippen molar-refractivity contribution in [1.82, 2.24) is 29.7 Å². The van der Waals surface area contributed by atoms with Gasteiger partial charge in [-0.15, -0.1) is 5.10 Å². The lowest BCUT2D eigenvalue weighted by atomic mass is 10.1. The Kier molecular flexibility index (Phi) is 8.59. The van der Waals surface area contributed by atoms with E-state index in [2.05, 4.69) is 39.3 Å². The van der Waals surface area contributed by atoms with E-state index in [1.54, 1.807) is 4.90 Å². The van der Waals surface area contributed by atoms with Crippen LogP contribution in [0.1, 0.15) is 40.3 Å². The molecule has 2 atom stereocenters. The van der Waals surface area contributed by atoms with Gasteiger partial charge in [0, 0.05) is 63.0 Å². The summed E-state index contributed by atoms with van der Waals surface area (Å²) in [5, 5.41) is 10.8. The van der Waals surface area contributed by atoms with Crippen molar-refractivity contribution < 1.29 is 18.4 Å². The minimum Gasteiger partial charge on any atom is -0.396 e. The quantitative estimate of drug-likeness (QED) is 0.421. The maximum Gasteiger partial charge on any atom is 0.276 e. The van der Waals surface area contributed by atoms with Crippen LogP contribution in [0.15, 0.2) is 24.4 Å². The SMILES string of the molecule is Cc1c(F)c(N)cc(C(=O)Nc2cc(-n3cc(C(=O)N4CCN(C)CC4)nn3)c(F)cc2N2C[C@@H](C)N(C)[C@@H](C)C2)c1Cl. The fourth-order valence-electron chi connectivity index (χ4n) is 5.49. The predicted octanol–water partition coefficient (Wildman–Crippen LogP) is 3.26. The van der Waals surface area contributed by atoms with E-state index in [-0.39, 0.29) is 56.9 Å². The summed E-state index contributed by atoms with van der Waals surface area (Å²) in [6, 6.07) is 4.27. The smallest absolute Gasteiger partial charge is 0.276 e. The van der Waals surface area contributed by atoms with E-state index in [1.165, 1.54) is 36.0 Å². The number of piperazine rings is 2. The van der Waals surface area contributed by atoms with Crippen LogP contribution in [-0.4, -0.2) is 107 Å². The number of anilines is 3. The van der Waals surface area contributed by atoms with Gasteiger partial charge in [-0.2, -0.15) is 0 Å². The number of aromatic nitrogens is 3. The Labute approximate surface area is 254 Å². The third kappa shape index (κ3) is 6.01. The highest BCUT2D eigenvalue weighted by Crippen LogP contribution is 2.35. The number of hydrogen-bond acceptors (Lipinski definition) is 8. The van der Waals surface area contributed by atoms with Crippen LogP contribution < -0.4 is 16.0 Å². The lowest BCUT2D eigenvalue weighted by molar-refractivity contribution is 0.0658. The number of rotatable bonds is 5. The van der Waals surface area contributed by atoms with E-state index in [9.17, 15) is 14.0 Å². The Hall–Kier alpha value is -3.81. The first kappa shape index (κ1) is 30.6. The van der Waals surface area contributed by atoms with Crippen LogP contribution in [0.5, 0.6) is 0 Å². The first-order valence-electron chi connectivity index (χ1n) is 14.1. The van der Waals surface area contributed by atoms with Crippen molar-refractivity contribution in [3.05, 3.63) is 57.9 Å². The Morgan fingerprint density at radius 2 is 1.67 bits per heavy atom. The van der Waals surface area contributed by atoms with Crippen molar-refractivity contribution in [2.24, 2.45) is 0 Å². The maximum absolute atomic E-state index is 15.8. The third-order valence-corrected chi connectivity index (χ3v) is 8.94. The number of nitrogen functional groups attached to an aromatic ring is 1. The standard InChI is InChI=1S/C29H36ClF2N9O2/c1-16-13-40(14-17(2)38(16)5)25-11-20(31)24(41-15-23(35-36-41)29(43)39-8-6-37(4)7-9-39)12-22(25)34-28(42)19-10-21(33)27(32)18(3)26(19)30/h10-12,15-17H,6-9,13-14,33H2,1-5H3,(H,34,42)/t16-,17+. The fraction of sp³-hybridized carbons (Fsp3) is 0.448. The third-order valence-electron chi connectivity index (χ3n) is 8.46. The number of halogens is 3. The highest BCUT2D eigenvalue weighted by atomic mass is 35.5. The molecule has 3 aromatic rings. The molecule has 14 heteroatoms. The molecular formula is C29H36ClF2N9O2. The van der Waals surface area contributed by atoms with Crippen molar-refractivity contribution in [2.45, 2.75) is 32.9 Å². The molecule has 2 saturated heterocycles. The topological polar surface area (TPSA) is 116 Å². The number of amides is 2. The highest BCUT2D eigenvalue weighted by Gasteiger charge is 2.30. The van der Waals surface area contributed by atoms with E-state index < -0.39 is 17.5 Å². The molecular weight excluding hydrogens is 580 g/mol. The number of carbonyl (C=O) groups excluding carboxylic acids is 2. The molecule has 230 valence electrons. The van der Waals surface area contributed by atoms with E-state index in [1.807, 2.05) is 19.0 Å². The van der Waals surface area contributed by atoms with Gasteiger partial charge >= 0.3 is 0 Å². The summed E-state index contributed by atoms with van der Waals surface area (Å²) in [5.74, 6) is -2.24. The number of nitrogens with one attached hydrogen (secondary N) is 1. The van der Waals surface area contributed by atoms with Gasteiger partial charge in [0.2, 0.25) is 0 Å². The second-order valence-corrected chi connectivity index (χ2v) is 11.8. The zero-order valence-corrected chi connectivity index (χ0v) is 25.6. The van der Waals surface area contributed by atoms with E-state index in [4.69, 9.17) is 17.3 Å². The molecule has 2 aliphatic rings. The van der Waals surface area contributed by atoms with Crippen LogP contribution in [0.2, 0.25) is 5.02 Å². The number of hydrogen-bond donors (Lipinski definition) is 2. The predicted molar refractivity (Wildman–Crippen MR) is 162 cm³/mol. The molecule has 2 aliphatic heterocycles. The second-order valence-electron chi connectivity index (χ2n) is 11.5. The van der Waals surface area contributed by atoms with Crippen LogP contribution in [-0.2, 0) is 0 Å². The number of benzene rings is 2. The van der Waals surface area contributed by atoms with Gasteiger partial charge in [0.1, 0.15) is 5.69 Å². The van der Waals surface area contributed by atoms with Crippen molar-refractivity contribution in [1.29, 1.82) is 0 Å². The summed E-state index contributed by atoms with van der Waals surface area (Å²) in [5.41, 5.74) is 6.42. The summed E-state index contributed by atoms with van der Waals surface area (Å²) in [4.78, 5) is 34.6. The van der Waals surface area contributed by atoms with Crippen molar-refractivity contribution >= 4 is 40.5 Å². The number of likely N-dealkylation sites (N-methyl/N-ethyl adjacent to an activating group) is 2. The largest absolute Gasteiger partial charge is 0.396 e. The van der Waals surface area contributed by atoms with Crippen molar-refractivity contribution in [3.63, 3.8) is 0 Å². The average molecular weight is 616 g/mol. The molecule has 43 heavy (non-hydrogen) atoms. The van der Waals surface area contributed by atoms with Crippen molar-refractivity contribution in [2.75, 3.05) is 69.3 Å². The molecule has 1 aromatic heterocycles. The van der Waals surface area contributed by atoms with Gasteiger partial charge in [0.25, 0.3) is 11.8 Å². The molecule has 2 aromatic carbocycles. The molecule has 0 radical (unpaired) electrons. The second kappa shape index (κ2) is 12.1. The van der Waals surface area contributed by atoms with Gasteiger partial charge < -0.3 is 25.8 Å². The van der Waals surface area contributed by atoms with E-state index in [0.29, 0.717) is 31.9 Å². The Morgan fingerprint density at radius 3 is 2.33 bits per heavy atom. The Balaban J connectivity index is 1.52. The molecule has 0 bridgehead atoms. The maximum atomic E-state index is 15.8. The van der Waals surface area contributed by atoms with Gasteiger partial charge in [0.15, 0.2) is 17.3 Å². The number of nitrogens with two attached hydrogens (primary N) is 1.